The molecule has 1 aromatic heterocycles. The number of halogens is 1. The van der Waals surface area contributed by atoms with E-state index in [1.54, 1.807) is 30.6 Å². The molecule has 194 valence electrons. The highest BCUT2D eigenvalue weighted by atomic mass is 32.1. The number of rotatable bonds is 6. The number of benzene rings is 2. The molecule has 2 aromatic carbocycles. The van der Waals surface area contributed by atoms with Gasteiger partial charge in [-0.25, -0.2) is 9.37 Å². The number of aromatic nitrogens is 1. The van der Waals surface area contributed by atoms with Crippen LogP contribution in [0.15, 0.2) is 53.9 Å². The smallest absolute Gasteiger partial charge is 0.273 e. The van der Waals surface area contributed by atoms with E-state index in [1.807, 2.05) is 33.4 Å². The van der Waals surface area contributed by atoms with Gasteiger partial charge in [-0.3, -0.25) is 9.59 Å². The third kappa shape index (κ3) is 5.85. The summed E-state index contributed by atoms with van der Waals surface area (Å²) in [5.74, 6) is 1.35. The molecule has 6 nitrogen and oxygen atoms in total. The van der Waals surface area contributed by atoms with Crippen molar-refractivity contribution >= 4 is 23.2 Å². The molecule has 3 aromatic rings. The number of amides is 2. The molecule has 0 saturated carbocycles. The lowest BCUT2D eigenvalue weighted by Crippen LogP contribution is -2.39. The summed E-state index contributed by atoms with van der Waals surface area (Å²) in [7, 11) is 1.70. The van der Waals surface area contributed by atoms with Crippen molar-refractivity contribution in [3.05, 3.63) is 81.6 Å². The van der Waals surface area contributed by atoms with E-state index in [2.05, 4.69) is 6.07 Å². The quantitative estimate of drug-likeness (QED) is 0.444. The number of hydrogen-bond donors (Lipinski definition) is 0. The molecular weight excluding hydrogens is 489 g/mol. The lowest BCUT2D eigenvalue weighted by Gasteiger charge is -2.32. The Kier molecular flexibility index (Phi) is 7.84. The fourth-order valence-corrected chi connectivity index (χ4v) is 6.36. The summed E-state index contributed by atoms with van der Waals surface area (Å²) in [6.45, 7) is 2.76. The first kappa shape index (κ1) is 25.4. The first-order valence-electron chi connectivity index (χ1n) is 12.9. The highest BCUT2D eigenvalue weighted by Crippen LogP contribution is 2.35. The van der Waals surface area contributed by atoms with E-state index in [0.29, 0.717) is 37.8 Å². The van der Waals surface area contributed by atoms with Gasteiger partial charge in [0.1, 0.15) is 17.3 Å². The highest BCUT2D eigenvalue weighted by molar-refractivity contribution is 7.09. The van der Waals surface area contributed by atoms with Crippen molar-refractivity contribution in [3.8, 4) is 5.75 Å². The Hall–Kier alpha value is -3.26. The topological polar surface area (TPSA) is 62.7 Å². The Labute approximate surface area is 221 Å². The molecule has 2 saturated heterocycles. The van der Waals surface area contributed by atoms with Gasteiger partial charge in [0.25, 0.3) is 5.91 Å². The Morgan fingerprint density at radius 2 is 1.59 bits per heavy atom. The van der Waals surface area contributed by atoms with E-state index < -0.39 is 0 Å². The maximum absolute atomic E-state index is 13.2. The molecule has 5 rings (SSSR count). The number of carbonyl (C=O) groups excluding carboxylic acids is 2. The Morgan fingerprint density at radius 3 is 2.30 bits per heavy atom. The number of nitrogens with zero attached hydrogens (tertiary/aromatic N) is 3. The Morgan fingerprint density at radius 1 is 0.946 bits per heavy atom. The van der Waals surface area contributed by atoms with Crippen LogP contribution in [0, 0.1) is 5.82 Å². The van der Waals surface area contributed by atoms with Crippen molar-refractivity contribution in [1.82, 2.24) is 14.8 Å². The molecule has 0 spiro atoms. The maximum atomic E-state index is 13.2. The predicted octanol–water partition coefficient (Wildman–Crippen LogP) is 5.26. The SMILES string of the molecule is COc1ccccc1C1CCN(C(=O)c2csc(C3CCN(C(=O)Cc4ccc(F)cc4)CC3)n2)CC1. The molecule has 2 amide bonds. The zero-order valence-corrected chi connectivity index (χ0v) is 21.9. The van der Waals surface area contributed by atoms with Crippen LogP contribution in [-0.4, -0.2) is 59.9 Å². The van der Waals surface area contributed by atoms with Crippen LogP contribution in [0.2, 0.25) is 0 Å². The number of hydrogen-bond acceptors (Lipinski definition) is 5. The number of methoxy groups -OCH3 is 1. The van der Waals surface area contributed by atoms with E-state index >= 15 is 0 Å². The van der Waals surface area contributed by atoms with Crippen LogP contribution in [0.3, 0.4) is 0 Å². The first-order valence-corrected chi connectivity index (χ1v) is 13.8. The molecule has 0 N–H and O–H groups in total. The first-order chi connectivity index (χ1) is 18.0. The third-order valence-corrected chi connectivity index (χ3v) is 8.57. The van der Waals surface area contributed by atoms with Gasteiger partial charge in [-0.1, -0.05) is 30.3 Å². The average molecular weight is 522 g/mol. The van der Waals surface area contributed by atoms with Crippen molar-refractivity contribution in [1.29, 1.82) is 0 Å². The second-order valence-corrected chi connectivity index (χ2v) is 10.7. The molecular formula is C29H32FN3O3S. The van der Waals surface area contributed by atoms with E-state index in [-0.39, 0.29) is 30.0 Å². The minimum absolute atomic E-state index is 0.00730. The van der Waals surface area contributed by atoms with Crippen LogP contribution in [-0.2, 0) is 11.2 Å². The standard InChI is InChI=1S/C29H32FN3O3S/c1-36-26-5-3-2-4-24(26)21-10-16-33(17-11-21)29(35)25-19-37-28(31-25)22-12-14-32(15-13-22)27(34)18-20-6-8-23(30)9-7-20/h2-9,19,21-22H,10-18H2,1H3. The van der Waals surface area contributed by atoms with E-state index in [0.717, 1.165) is 42.0 Å². The lowest BCUT2D eigenvalue weighted by atomic mass is 9.88. The summed E-state index contributed by atoms with van der Waals surface area (Å²) in [5.41, 5.74) is 2.57. The van der Waals surface area contributed by atoms with Crippen LogP contribution < -0.4 is 4.74 Å². The molecule has 3 heterocycles. The minimum Gasteiger partial charge on any atom is -0.496 e. The fourth-order valence-electron chi connectivity index (χ4n) is 5.40. The van der Waals surface area contributed by atoms with Gasteiger partial charge in [0, 0.05) is 37.5 Å². The Bertz CT molecular complexity index is 1230. The monoisotopic (exact) mass is 521 g/mol. The summed E-state index contributed by atoms with van der Waals surface area (Å²) in [6, 6.07) is 14.2. The zero-order chi connectivity index (χ0) is 25.8. The molecule has 2 fully saturated rings. The largest absolute Gasteiger partial charge is 0.496 e. The molecule has 0 unspecified atom stereocenters. The van der Waals surface area contributed by atoms with Crippen LogP contribution >= 0.6 is 11.3 Å². The minimum atomic E-state index is -0.296. The normalized spacial score (nSPS) is 17.1. The van der Waals surface area contributed by atoms with E-state index in [1.165, 1.54) is 17.7 Å². The predicted molar refractivity (Wildman–Crippen MR) is 142 cm³/mol. The van der Waals surface area contributed by atoms with Crippen molar-refractivity contribution < 1.29 is 18.7 Å². The van der Waals surface area contributed by atoms with Crippen molar-refractivity contribution in [2.24, 2.45) is 0 Å². The molecule has 37 heavy (non-hydrogen) atoms. The van der Waals surface area contributed by atoms with Gasteiger partial charge in [0.05, 0.1) is 18.5 Å². The van der Waals surface area contributed by atoms with E-state index in [9.17, 15) is 14.0 Å². The van der Waals surface area contributed by atoms with Gasteiger partial charge in [0.15, 0.2) is 0 Å². The number of para-hydroxylation sites is 1. The van der Waals surface area contributed by atoms with Crippen molar-refractivity contribution in [2.45, 2.75) is 43.9 Å². The van der Waals surface area contributed by atoms with Crippen molar-refractivity contribution in [3.63, 3.8) is 0 Å². The fraction of sp³-hybridized carbons (Fsp3) is 0.414. The second kappa shape index (κ2) is 11.4. The summed E-state index contributed by atoms with van der Waals surface area (Å²) in [5, 5.41) is 2.87. The van der Waals surface area contributed by atoms with E-state index in [4.69, 9.17) is 9.72 Å². The molecule has 0 atom stereocenters. The molecule has 8 heteroatoms. The molecule has 0 aliphatic carbocycles. The van der Waals surface area contributed by atoms with Gasteiger partial charge in [-0.05, 0) is 60.9 Å². The molecule has 0 radical (unpaired) electrons. The van der Waals surface area contributed by atoms with Crippen molar-refractivity contribution in [2.75, 3.05) is 33.3 Å². The Balaban J connectivity index is 1.12. The summed E-state index contributed by atoms with van der Waals surface area (Å²) < 4.78 is 18.6. The molecule has 2 aliphatic rings. The number of carbonyl (C=O) groups is 2. The van der Waals surface area contributed by atoms with Crippen LogP contribution in [0.5, 0.6) is 5.75 Å². The van der Waals surface area contributed by atoms with Gasteiger partial charge < -0.3 is 14.5 Å². The van der Waals surface area contributed by atoms with Gasteiger partial charge in [-0.2, -0.15) is 0 Å². The third-order valence-electron chi connectivity index (χ3n) is 7.57. The van der Waals surface area contributed by atoms with Crippen LogP contribution in [0.1, 0.15) is 64.1 Å². The van der Waals surface area contributed by atoms with Gasteiger partial charge in [-0.15, -0.1) is 11.3 Å². The lowest BCUT2D eigenvalue weighted by molar-refractivity contribution is -0.131. The summed E-state index contributed by atoms with van der Waals surface area (Å²) in [6.07, 6.45) is 3.77. The highest BCUT2D eigenvalue weighted by Gasteiger charge is 2.29. The number of ether oxygens (including phenoxy) is 1. The second-order valence-electron chi connectivity index (χ2n) is 9.84. The van der Waals surface area contributed by atoms with Gasteiger partial charge in [0.2, 0.25) is 5.91 Å². The number of piperidine rings is 2. The number of thiazole rings is 1. The van der Waals surface area contributed by atoms with Crippen LogP contribution in [0.25, 0.3) is 0 Å². The molecule has 0 bridgehead atoms. The summed E-state index contributed by atoms with van der Waals surface area (Å²) in [4.78, 5) is 34.4. The average Bonchev–Trinajstić information content (AvgIpc) is 3.44. The summed E-state index contributed by atoms with van der Waals surface area (Å²) >= 11 is 1.55. The number of likely N-dealkylation sites (tertiary alicyclic amines) is 2. The van der Waals surface area contributed by atoms with Gasteiger partial charge >= 0.3 is 0 Å². The zero-order valence-electron chi connectivity index (χ0n) is 21.1. The maximum Gasteiger partial charge on any atom is 0.273 e. The van der Waals surface area contributed by atoms with Crippen LogP contribution in [0.4, 0.5) is 4.39 Å². The molecule has 2 aliphatic heterocycles.